The van der Waals surface area contributed by atoms with E-state index >= 15 is 0 Å². The van der Waals surface area contributed by atoms with Gasteiger partial charge in [0.15, 0.2) is 6.29 Å². The molecule has 1 fully saturated rings. The molecule has 47 heavy (non-hydrogen) atoms. The first-order valence-corrected chi connectivity index (χ1v) is 16.7. The number of ether oxygens (including phenoxy) is 2. The Morgan fingerprint density at radius 3 is 2.19 bits per heavy atom. The second-order valence-corrected chi connectivity index (χ2v) is 12.7. The molecule has 0 aliphatic carbocycles. The van der Waals surface area contributed by atoms with Crippen LogP contribution < -0.4 is 10.6 Å². The lowest BCUT2D eigenvalue weighted by atomic mass is 9.89. The van der Waals surface area contributed by atoms with Crippen LogP contribution in [0.5, 0.6) is 0 Å². The normalized spacial score (nSPS) is 20.8. The number of rotatable bonds is 16. The van der Waals surface area contributed by atoms with Crippen LogP contribution in [0.4, 0.5) is 0 Å². The summed E-state index contributed by atoms with van der Waals surface area (Å²) >= 11 is 0. The van der Waals surface area contributed by atoms with Crippen molar-refractivity contribution < 1.29 is 29.3 Å². The number of amides is 2. The van der Waals surface area contributed by atoms with Crippen LogP contribution in [0.15, 0.2) is 78.9 Å². The van der Waals surface area contributed by atoms with Gasteiger partial charge in [-0.25, -0.2) is 0 Å². The number of likely N-dealkylation sites (N-methyl/N-ethyl adjacent to an activating group) is 1. The van der Waals surface area contributed by atoms with Crippen molar-refractivity contribution in [1.82, 2.24) is 15.5 Å². The highest BCUT2D eigenvalue weighted by atomic mass is 16.7. The Bertz CT molecular complexity index is 1380. The molecule has 254 valence electrons. The monoisotopic (exact) mass is 645 g/mol. The van der Waals surface area contributed by atoms with E-state index in [1.165, 1.54) is 6.92 Å². The van der Waals surface area contributed by atoms with Gasteiger partial charge in [-0.1, -0.05) is 92.2 Å². The van der Waals surface area contributed by atoms with Crippen LogP contribution in [-0.2, 0) is 32.2 Å². The summed E-state index contributed by atoms with van der Waals surface area (Å²) in [7, 11) is 2.01. The molecule has 9 heteroatoms. The minimum Gasteiger partial charge on any atom is -0.392 e. The number of aliphatic hydroxyl groups excluding tert-OH is 2. The van der Waals surface area contributed by atoms with Crippen LogP contribution in [0, 0.1) is 5.92 Å². The van der Waals surface area contributed by atoms with Gasteiger partial charge in [-0.15, -0.1) is 0 Å². The molecule has 0 unspecified atom stereocenters. The van der Waals surface area contributed by atoms with E-state index in [1.54, 1.807) is 0 Å². The van der Waals surface area contributed by atoms with Gasteiger partial charge in [-0.3, -0.25) is 14.5 Å². The molecule has 0 saturated carbocycles. The lowest BCUT2D eigenvalue weighted by Crippen LogP contribution is -2.46. The zero-order valence-electron chi connectivity index (χ0n) is 28.1. The predicted octanol–water partition coefficient (Wildman–Crippen LogP) is 5.34. The highest BCUT2D eigenvalue weighted by Gasteiger charge is 2.39. The van der Waals surface area contributed by atoms with Gasteiger partial charge >= 0.3 is 0 Å². The minimum absolute atomic E-state index is 0.00892. The van der Waals surface area contributed by atoms with Crippen molar-refractivity contribution in [2.45, 2.75) is 90.2 Å². The maximum absolute atomic E-state index is 12.4. The molecule has 3 aromatic rings. The van der Waals surface area contributed by atoms with Crippen molar-refractivity contribution in [1.29, 1.82) is 0 Å². The number of hydrogen-bond acceptors (Lipinski definition) is 7. The quantitative estimate of drug-likeness (QED) is 0.155. The maximum Gasteiger partial charge on any atom is 0.220 e. The van der Waals surface area contributed by atoms with Crippen LogP contribution in [-0.4, -0.2) is 59.2 Å². The summed E-state index contributed by atoms with van der Waals surface area (Å²) in [6.45, 7) is 7.31. The molecule has 1 aliphatic heterocycles. The number of unbranched alkanes of at least 4 members (excludes halogenated alkanes) is 2. The molecule has 0 bridgehead atoms. The summed E-state index contributed by atoms with van der Waals surface area (Å²) in [6.07, 6.45) is 1.30. The van der Waals surface area contributed by atoms with Crippen LogP contribution in [0.1, 0.15) is 92.8 Å². The number of nitrogens with zero attached hydrogens (tertiary/aromatic N) is 1. The van der Waals surface area contributed by atoms with Crippen LogP contribution >= 0.6 is 0 Å². The molecule has 4 rings (SSSR count). The SMILES string of the molecule is CC(=O)NCCCCCC(=O)NCc1ccc([C@@H]2O[C@H](CN(C)[C@@H](C)[C@H](O)c3ccccc3)[C@H](C)[C@H](c3ccc(CO)cc3)O2)cc1. The van der Waals surface area contributed by atoms with Crippen molar-refractivity contribution in [3.05, 3.63) is 107 Å². The van der Waals surface area contributed by atoms with Gasteiger partial charge in [0.05, 0.1) is 24.9 Å². The molecular weight excluding hydrogens is 594 g/mol. The standard InChI is InChI=1S/C38H51N3O6/c1-26-34(24-41(4)27(2)36(45)31-11-7-5-8-12-31)46-38(47-37(26)32-18-16-30(25-42)17-19-32)33-20-14-29(15-21-33)23-40-35(44)13-9-6-10-22-39-28(3)43/h5,7-8,11-12,14-21,26-27,34,36-38,42,45H,6,9-10,13,22-25H2,1-4H3,(H,39,43)(H,40,44)/t26-,27-,34+,36-,37+,38+/m0/s1. The van der Waals surface area contributed by atoms with Gasteiger partial charge in [0.25, 0.3) is 0 Å². The summed E-state index contributed by atoms with van der Waals surface area (Å²) in [6, 6.07) is 25.4. The molecule has 2 amide bonds. The van der Waals surface area contributed by atoms with Gasteiger partial charge < -0.3 is 30.3 Å². The zero-order chi connectivity index (χ0) is 33.8. The van der Waals surface area contributed by atoms with Crippen molar-refractivity contribution in [3.63, 3.8) is 0 Å². The van der Waals surface area contributed by atoms with E-state index in [0.717, 1.165) is 47.1 Å². The highest BCUT2D eigenvalue weighted by molar-refractivity contribution is 5.75. The topological polar surface area (TPSA) is 120 Å². The highest BCUT2D eigenvalue weighted by Crippen LogP contribution is 2.42. The number of hydrogen-bond donors (Lipinski definition) is 4. The van der Waals surface area contributed by atoms with E-state index in [-0.39, 0.29) is 42.6 Å². The lowest BCUT2D eigenvalue weighted by Gasteiger charge is -2.43. The first kappa shape index (κ1) is 36.2. The first-order valence-electron chi connectivity index (χ1n) is 16.7. The molecule has 6 atom stereocenters. The lowest BCUT2D eigenvalue weighted by molar-refractivity contribution is -0.276. The Morgan fingerprint density at radius 2 is 1.53 bits per heavy atom. The van der Waals surface area contributed by atoms with E-state index < -0.39 is 12.4 Å². The van der Waals surface area contributed by atoms with Gasteiger partial charge in [0, 0.05) is 50.5 Å². The fourth-order valence-corrected chi connectivity index (χ4v) is 5.88. The van der Waals surface area contributed by atoms with Gasteiger partial charge in [0.2, 0.25) is 11.8 Å². The molecular formula is C38H51N3O6. The largest absolute Gasteiger partial charge is 0.392 e. The van der Waals surface area contributed by atoms with E-state index in [9.17, 15) is 19.8 Å². The Balaban J connectivity index is 1.40. The average Bonchev–Trinajstić information content (AvgIpc) is 3.09. The molecule has 1 saturated heterocycles. The molecule has 9 nitrogen and oxygen atoms in total. The van der Waals surface area contributed by atoms with Gasteiger partial charge in [0.1, 0.15) is 0 Å². The molecule has 3 aromatic carbocycles. The van der Waals surface area contributed by atoms with E-state index in [1.807, 2.05) is 92.8 Å². The number of carbonyl (C=O) groups is 2. The van der Waals surface area contributed by atoms with Gasteiger partial charge in [-0.05, 0) is 49.1 Å². The second-order valence-electron chi connectivity index (χ2n) is 12.7. The second kappa shape index (κ2) is 18.1. The smallest absolute Gasteiger partial charge is 0.220 e. The van der Waals surface area contributed by atoms with E-state index in [4.69, 9.17) is 9.47 Å². The molecule has 0 aromatic heterocycles. The molecule has 1 aliphatic rings. The van der Waals surface area contributed by atoms with E-state index in [0.29, 0.717) is 26.1 Å². The number of benzene rings is 3. The average molecular weight is 646 g/mol. The van der Waals surface area contributed by atoms with Crippen molar-refractivity contribution >= 4 is 11.8 Å². The van der Waals surface area contributed by atoms with Crippen LogP contribution in [0.25, 0.3) is 0 Å². The van der Waals surface area contributed by atoms with Gasteiger partial charge in [-0.2, -0.15) is 0 Å². The Morgan fingerprint density at radius 1 is 0.872 bits per heavy atom. The Hall–Kier alpha value is -3.60. The first-order chi connectivity index (χ1) is 22.7. The summed E-state index contributed by atoms with van der Waals surface area (Å²) in [5.41, 5.74) is 4.60. The fourth-order valence-electron chi connectivity index (χ4n) is 5.88. The third-order valence-electron chi connectivity index (χ3n) is 9.08. The zero-order valence-corrected chi connectivity index (χ0v) is 28.1. The Kier molecular flexibility index (Phi) is 13.9. The third-order valence-corrected chi connectivity index (χ3v) is 9.08. The predicted molar refractivity (Wildman–Crippen MR) is 182 cm³/mol. The van der Waals surface area contributed by atoms with E-state index in [2.05, 4.69) is 22.5 Å². The summed E-state index contributed by atoms with van der Waals surface area (Å²) in [4.78, 5) is 25.4. The van der Waals surface area contributed by atoms with Crippen molar-refractivity contribution in [2.75, 3.05) is 20.1 Å². The molecule has 1 heterocycles. The maximum atomic E-state index is 12.4. The summed E-state index contributed by atoms with van der Waals surface area (Å²) < 4.78 is 13.2. The molecule has 0 spiro atoms. The summed E-state index contributed by atoms with van der Waals surface area (Å²) in [5.74, 6) is -0.0135. The van der Waals surface area contributed by atoms with Crippen molar-refractivity contribution in [2.24, 2.45) is 5.92 Å². The minimum atomic E-state index is -0.642. The molecule has 4 N–H and O–H groups in total. The number of aliphatic hydroxyl groups is 2. The molecule has 0 radical (unpaired) electrons. The van der Waals surface area contributed by atoms with Crippen molar-refractivity contribution in [3.8, 4) is 0 Å². The number of nitrogens with one attached hydrogen (secondary N) is 2. The summed E-state index contributed by atoms with van der Waals surface area (Å²) in [5, 5.41) is 26.4. The fraction of sp³-hybridized carbons (Fsp3) is 0.474. The van der Waals surface area contributed by atoms with Crippen LogP contribution in [0.2, 0.25) is 0 Å². The third kappa shape index (κ3) is 10.7. The Labute approximate surface area is 279 Å². The number of carbonyl (C=O) groups excluding carboxylic acids is 2. The van der Waals surface area contributed by atoms with Crippen LogP contribution in [0.3, 0.4) is 0 Å².